The van der Waals surface area contributed by atoms with Gasteiger partial charge in [-0.1, -0.05) is 23.2 Å². The minimum absolute atomic E-state index is 0. The Morgan fingerprint density at radius 3 is 2.50 bits per heavy atom. The van der Waals surface area contributed by atoms with Crippen LogP contribution < -0.4 is 12.4 Å². The number of aromatic nitrogens is 1. The molecule has 0 fully saturated rings. The highest BCUT2D eigenvalue weighted by Gasteiger charge is 2.06. The molecule has 0 aliphatic carbocycles. The van der Waals surface area contributed by atoms with Crippen LogP contribution >= 0.6 is 23.2 Å². The Morgan fingerprint density at radius 2 is 2.00 bits per heavy atom. The third-order valence-corrected chi connectivity index (χ3v) is 1.61. The van der Waals surface area contributed by atoms with Crippen molar-refractivity contribution in [3.05, 3.63) is 27.8 Å². The quantitative estimate of drug-likeness (QED) is 0.473. The smallest absolute Gasteiger partial charge is 0.166 e. The van der Waals surface area contributed by atoms with E-state index < -0.39 is 5.82 Å². The van der Waals surface area contributed by atoms with Gasteiger partial charge in [-0.3, -0.25) is 4.79 Å². The number of aldehydes is 1. The topological polar surface area (TPSA) is 30.0 Å². The molecule has 12 heavy (non-hydrogen) atoms. The van der Waals surface area contributed by atoms with Gasteiger partial charge in [-0.2, -0.15) is 0 Å². The normalized spacial score (nSPS) is 8.92. The monoisotopic (exact) mass is 228 g/mol. The molecule has 1 heterocycles. The minimum Gasteiger partial charge on any atom is -1.00 e. The summed E-state index contributed by atoms with van der Waals surface area (Å²) < 4.78 is 12.5. The summed E-state index contributed by atoms with van der Waals surface area (Å²) in [7, 11) is 0. The van der Waals surface area contributed by atoms with E-state index in [2.05, 4.69) is 4.98 Å². The molecule has 0 atom stereocenters. The number of hydrogen-bond acceptors (Lipinski definition) is 2. The SMILES string of the molecule is O=Cc1cc(F)c(Cl)nc1Cl.[Cl-]. The molecule has 1 aromatic rings. The largest absolute Gasteiger partial charge is 1.00 e. The molecule has 0 bridgehead atoms. The Labute approximate surface area is 84.1 Å². The Morgan fingerprint density at radius 1 is 1.42 bits per heavy atom. The van der Waals surface area contributed by atoms with Crippen LogP contribution in [0.1, 0.15) is 10.4 Å². The number of nitrogens with zero attached hydrogens (tertiary/aromatic N) is 1. The fourth-order valence-corrected chi connectivity index (χ4v) is 0.908. The van der Waals surface area contributed by atoms with Crippen LogP contribution in [0, 0.1) is 5.82 Å². The van der Waals surface area contributed by atoms with Crippen molar-refractivity contribution < 1.29 is 21.6 Å². The molecule has 0 aliphatic rings. The molecule has 0 amide bonds. The Bertz CT molecular complexity index is 305. The predicted octanol–water partition coefficient (Wildman–Crippen LogP) is -0.656. The lowest BCUT2D eigenvalue weighted by atomic mass is 10.3. The van der Waals surface area contributed by atoms with E-state index in [0.29, 0.717) is 6.29 Å². The number of pyridine rings is 1. The van der Waals surface area contributed by atoms with Gasteiger partial charge in [-0.25, -0.2) is 9.37 Å². The molecular weight excluding hydrogens is 227 g/mol. The van der Waals surface area contributed by atoms with Crippen LogP contribution in [0.2, 0.25) is 10.3 Å². The third-order valence-electron chi connectivity index (χ3n) is 1.04. The maximum atomic E-state index is 12.5. The van der Waals surface area contributed by atoms with Crippen LogP contribution in [-0.2, 0) is 0 Å². The van der Waals surface area contributed by atoms with E-state index in [4.69, 9.17) is 23.2 Å². The first-order valence-corrected chi connectivity index (χ1v) is 3.37. The van der Waals surface area contributed by atoms with Crippen LogP contribution in [0.15, 0.2) is 6.07 Å². The second kappa shape index (κ2) is 4.60. The summed E-state index contributed by atoms with van der Waals surface area (Å²) in [6.45, 7) is 0. The van der Waals surface area contributed by atoms with Gasteiger partial charge < -0.3 is 12.4 Å². The summed E-state index contributed by atoms with van der Waals surface area (Å²) in [5.74, 6) is -0.752. The van der Waals surface area contributed by atoms with Crippen molar-refractivity contribution in [3.63, 3.8) is 0 Å². The average molecular weight is 229 g/mol. The van der Waals surface area contributed by atoms with E-state index in [1.165, 1.54) is 0 Å². The zero-order valence-corrected chi connectivity index (χ0v) is 7.79. The minimum atomic E-state index is -0.752. The van der Waals surface area contributed by atoms with Crippen LogP contribution in [0.3, 0.4) is 0 Å². The molecule has 0 unspecified atom stereocenters. The number of carbonyl (C=O) groups is 1. The molecule has 66 valence electrons. The summed E-state index contributed by atoms with van der Waals surface area (Å²) in [5, 5.41) is -0.424. The lowest BCUT2D eigenvalue weighted by molar-refractivity contribution is -0.00000912. The van der Waals surface area contributed by atoms with E-state index >= 15 is 0 Å². The first kappa shape index (κ1) is 11.6. The van der Waals surface area contributed by atoms with Crippen molar-refractivity contribution in [3.8, 4) is 0 Å². The van der Waals surface area contributed by atoms with E-state index in [9.17, 15) is 9.18 Å². The van der Waals surface area contributed by atoms with Crippen molar-refractivity contribution in [2.75, 3.05) is 0 Å². The van der Waals surface area contributed by atoms with Crippen LogP contribution in [0.25, 0.3) is 0 Å². The zero-order valence-electron chi connectivity index (χ0n) is 5.52. The summed E-state index contributed by atoms with van der Waals surface area (Å²) in [6.07, 6.45) is 0.411. The van der Waals surface area contributed by atoms with Crippen molar-refractivity contribution >= 4 is 29.5 Å². The molecule has 0 saturated heterocycles. The maximum absolute atomic E-state index is 12.5. The molecule has 6 heteroatoms. The Kier molecular flexibility index (Phi) is 4.45. The molecule has 0 saturated carbocycles. The molecule has 0 aliphatic heterocycles. The van der Waals surface area contributed by atoms with Gasteiger partial charge >= 0.3 is 0 Å². The third kappa shape index (κ3) is 2.30. The number of halogens is 4. The van der Waals surface area contributed by atoms with Gasteiger partial charge in [-0.05, 0) is 6.07 Å². The number of rotatable bonds is 1. The van der Waals surface area contributed by atoms with Crippen molar-refractivity contribution in [2.24, 2.45) is 0 Å². The van der Waals surface area contributed by atoms with Gasteiger partial charge in [0.2, 0.25) is 0 Å². The van der Waals surface area contributed by atoms with Crippen LogP contribution in [-0.4, -0.2) is 11.3 Å². The van der Waals surface area contributed by atoms with E-state index in [0.717, 1.165) is 6.07 Å². The first-order valence-electron chi connectivity index (χ1n) is 2.62. The van der Waals surface area contributed by atoms with Gasteiger partial charge in [0, 0.05) is 0 Å². The Balaban J connectivity index is 0.00000121. The molecule has 0 N–H and O–H groups in total. The average Bonchev–Trinajstić information content (AvgIpc) is 1.97. The maximum Gasteiger partial charge on any atom is 0.166 e. The summed E-state index contributed by atoms with van der Waals surface area (Å²) in [5.41, 5.74) is -0.00596. The fourth-order valence-electron chi connectivity index (χ4n) is 0.542. The van der Waals surface area contributed by atoms with Gasteiger partial charge in [0.05, 0.1) is 5.56 Å². The van der Waals surface area contributed by atoms with Crippen molar-refractivity contribution in [1.29, 1.82) is 0 Å². The van der Waals surface area contributed by atoms with Gasteiger partial charge in [0.15, 0.2) is 17.3 Å². The van der Waals surface area contributed by atoms with Gasteiger partial charge in [-0.15, -0.1) is 0 Å². The number of carbonyl (C=O) groups excluding carboxylic acids is 1. The second-order valence-electron chi connectivity index (χ2n) is 1.76. The van der Waals surface area contributed by atoms with Crippen molar-refractivity contribution in [2.45, 2.75) is 0 Å². The molecule has 0 aromatic carbocycles. The first-order chi connectivity index (χ1) is 5.15. The highest BCUT2D eigenvalue weighted by molar-refractivity contribution is 6.34. The highest BCUT2D eigenvalue weighted by Crippen LogP contribution is 2.18. The second-order valence-corrected chi connectivity index (χ2v) is 2.47. The summed E-state index contributed by atoms with van der Waals surface area (Å²) in [6, 6.07) is 0.935. The number of hydrogen-bond donors (Lipinski definition) is 0. The predicted molar refractivity (Wildman–Crippen MR) is 39.6 cm³/mol. The molecule has 1 aromatic heterocycles. The summed E-state index contributed by atoms with van der Waals surface area (Å²) in [4.78, 5) is 13.5. The Hall–Kier alpha value is -0.380. The molecule has 1 rings (SSSR count). The van der Waals surface area contributed by atoms with E-state index in [-0.39, 0.29) is 28.3 Å². The lowest BCUT2D eigenvalue weighted by Crippen LogP contribution is -3.00. The molecule has 2 nitrogen and oxygen atoms in total. The van der Waals surface area contributed by atoms with E-state index in [1.807, 2.05) is 0 Å². The highest BCUT2D eigenvalue weighted by atomic mass is 35.5. The fraction of sp³-hybridized carbons (Fsp3) is 0. The standard InChI is InChI=1S/C6H2Cl2FNO.ClH/c7-5-3(2-11)1-4(9)6(8)10-5;/h1-2H;1H/p-1. The van der Waals surface area contributed by atoms with Crippen LogP contribution in [0.5, 0.6) is 0 Å². The van der Waals surface area contributed by atoms with E-state index in [1.54, 1.807) is 0 Å². The van der Waals surface area contributed by atoms with Gasteiger partial charge in [0.1, 0.15) is 5.15 Å². The molecule has 0 radical (unpaired) electrons. The lowest BCUT2D eigenvalue weighted by Gasteiger charge is -1.96. The van der Waals surface area contributed by atoms with Gasteiger partial charge in [0.25, 0.3) is 0 Å². The molecule has 0 spiro atoms. The van der Waals surface area contributed by atoms with Crippen molar-refractivity contribution in [1.82, 2.24) is 4.98 Å². The van der Waals surface area contributed by atoms with Crippen LogP contribution in [0.4, 0.5) is 4.39 Å². The zero-order chi connectivity index (χ0) is 8.43. The summed E-state index contributed by atoms with van der Waals surface area (Å²) >= 11 is 10.7. The molecular formula is C6H2Cl3FNO-.